The van der Waals surface area contributed by atoms with Crippen LogP contribution in [0, 0.1) is 6.92 Å². The number of likely N-dealkylation sites (tertiary alicyclic amines) is 1. The summed E-state index contributed by atoms with van der Waals surface area (Å²) >= 11 is 0. The minimum Gasteiger partial charge on any atom is -0.493 e. The quantitative estimate of drug-likeness (QED) is 0.574. The average Bonchev–Trinajstić information content (AvgIpc) is 2.81. The van der Waals surface area contributed by atoms with Crippen LogP contribution in [-0.4, -0.2) is 49.5 Å². The Kier molecular flexibility index (Phi) is 6.00. The van der Waals surface area contributed by atoms with Gasteiger partial charge in [0.05, 0.1) is 17.8 Å². The van der Waals surface area contributed by atoms with Gasteiger partial charge < -0.3 is 18.9 Å². The average molecular weight is 359 g/mol. The summed E-state index contributed by atoms with van der Waals surface area (Å²) in [7, 11) is -0.336. The topological polar surface area (TPSA) is 30.9 Å². The van der Waals surface area contributed by atoms with E-state index in [1.54, 1.807) is 0 Å². The smallest absolute Gasteiger partial charge is 0.493 e. The van der Waals surface area contributed by atoms with E-state index in [0.29, 0.717) is 0 Å². The van der Waals surface area contributed by atoms with Gasteiger partial charge in [0.1, 0.15) is 5.75 Å². The van der Waals surface area contributed by atoms with Crippen LogP contribution in [0.4, 0.5) is 0 Å². The largest absolute Gasteiger partial charge is 0.495 e. The van der Waals surface area contributed by atoms with Crippen LogP contribution < -0.4 is 10.2 Å². The molecule has 2 heterocycles. The molecule has 2 aliphatic heterocycles. The fraction of sp³-hybridized carbons (Fsp3) is 0.714. The molecule has 2 saturated heterocycles. The van der Waals surface area contributed by atoms with Crippen molar-refractivity contribution in [2.75, 3.05) is 26.2 Å². The van der Waals surface area contributed by atoms with Gasteiger partial charge in [0.25, 0.3) is 0 Å². The number of hydrogen-bond donors (Lipinski definition) is 0. The first-order valence-electron chi connectivity index (χ1n) is 10.1. The Bertz CT molecular complexity index is 595. The summed E-state index contributed by atoms with van der Waals surface area (Å²) < 4.78 is 18.5. The van der Waals surface area contributed by atoms with Crippen LogP contribution in [0.3, 0.4) is 0 Å². The number of rotatable bonds is 6. The molecule has 0 bridgehead atoms. The molecule has 26 heavy (non-hydrogen) atoms. The molecule has 0 radical (unpaired) electrons. The summed E-state index contributed by atoms with van der Waals surface area (Å²) in [4.78, 5) is 2.56. The van der Waals surface area contributed by atoms with Crippen LogP contribution in [0.25, 0.3) is 0 Å². The summed E-state index contributed by atoms with van der Waals surface area (Å²) in [5.41, 5.74) is 1.53. The molecule has 5 heteroatoms. The van der Waals surface area contributed by atoms with E-state index in [4.69, 9.17) is 14.0 Å². The van der Waals surface area contributed by atoms with Gasteiger partial charge >= 0.3 is 7.12 Å². The number of benzene rings is 1. The fourth-order valence-electron chi connectivity index (χ4n) is 3.67. The molecule has 0 unspecified atom stereocenters. The molecular weight excluding hydrogens is 325 g/mol. The molecule has 0 spiro atoms. The van der Waals surface area contributed by atoms with Gasteiger partial charge in [0, 0.05) is 6.54 Å². The van der Waals surface area contributed by atoms with E-state index in [-0.39, 0.29) is 18.3 Å². The molecule has 0 aromatic heterocycles. The molecule has 0 amide bonds. The van der Waals surface area contributed by atoms with Crippen molar-refractivity contribution >= 4 is 12.6 Å². The first kappa shape index (κ1) is 19.7. The summed E-state index contributed by atoms with van der Waals surface area (Å²) in [6.07, 6.45) is 5.14. The van der Waals surface area contributed by atoms with Crippen molar-refractivity contribution < 1.29 is 14.0 Å². The first-order valence-corrected chi connectivity index (χ1v) is 10.1. The van der Waals surface area contributed by atoms with E-state index in [1.807, 2.05) is 12.1 Å². The zero-order valence-electron chi connectivity index (χ0n) is 17.1. The van der Waals surface area contributed by atoms with Crippen LogP contribution in [0.1, 0.15) is 58.9 Å². The standard InChI is InChI=1S/C21H34BNO3/c1-17-18(22-25-20(2,3)21(4,5)26-22)11-9-12-19(17)24-16-10-15-23-13-7-6-8-14-23/h9,11-12H,6-8,10,13-16H2,1-5H3. The van der Waals surface area contributed by atoms with Crippen LogP contribution in [0.5, 0.6) is 5.75 Å². The summed E-state index contributed by atoms with van der Waals surface area (Å²) in [5.74, 6) is 0.941. The Hall–Kier alpha value is -1.04. The number of piperidine rings is 1. The van der Waals surface area contributed by atoms with Gasteiger partial charge in [-0.05, 0) is 84.1 Å². The van der Waals surface area contributed by atoms with Crippen LogP contribution in [0.2, 0.25) is 0 Å². The predicted octanol–water partition coefficient (Wildman–Crippen LogP) is 3.55. The number of nitrogens with zero attached hydrogens (tertiary/aromatic N) is 1. The van der Waals surface area contributed by atoms with Crippen molar-refractivity contribution in [1.29, 1.82) is 0 Å². The van der Waals surface area contributed by atoms with Crippen LogP contribution in [0.15, 0.2) is 18.2 Å². The lowest BCUT2D eigenvalue weighted by Crippen LogP contribution is -2.41. The molecule has 2 fully saturated rings. The normalized spacial score (nSPS) is 22.6. The van der Waals surface area contributed by atoms with Crippen molar-refractivity contribution in [2.24, 2.45) is 0 Å². The highest BCUT2D eigenvalue weighted by Crippen LogP contribution is 2.37. The Morgan fingerprint density at radius 3 is 2.35 bits per heavy atom. The SMILES string of the molecule is Cc1c(OCCCN2CCCCC2)cccc1B1OC(C)(C)C(C)(C)O1. The van der Waals surface area contributed by atoms with E-state index in [1.165, 1.54) is 32.4 Å². The maximum absolute atomic E-state index is 6.21. The molecule has 144 valence electrons. The third-order valence-corrected chi connectivity index (χ3v) is 6.16. The molecule has 1 aromatic carbocycles. The Morgan fingerprint density at radius 1 is 1.04 bits per heavy atom. The van der Waals surface area contributed by atoms with Gasteiger partial charge in [-0.2, -0.15) is 0 Å². The van der Waals surface area contributed by atoms with E-state index >= 15 is 0 Å². The van der Waals surface area contributed by atoms with Crippen LogP contribution >= 0.6 is 0 Å². The Balaban J connectivity index is 1.57. The monoisotopic (exact) mass is 359 g/mol. The van der Waals surface area contributed by atoms with Crippen molar-refractivity contribution in [3.63, 3.8) is 0 Å². The first-order chi connectivity index (χ1) is 12.3. The maximum Gasteiger partial charge on any atom is 0.495 e. The molecule has 0 atom stereocenters. The highest BCUT2D eigenvalue weighted by Gasteiger charge is 2.52. The van der Waals surface area contributed by atoms with E-state index in [0.717, 1.165) is 36.3 Å². The van der Waals surface area contributed by atoms with Gasteiger partial charge in [-0.15, -0.1) is 0 Å². The number of hydrogen-bond acceptors (Lipinski definition) is 4. The molecule has 4 nitrogen and oxygen atoms in total. The highest BCUT2D eigenvalue weighted by molar-refractivity contribution is 6.62. The van der Waals surface area contributed by atoms with Gasteiger partial charge in [0.2, 0.25) is 0 Å². The highest BCUT2D eigenvalue weighted by atomic mass is 16.7. The molecule has 0 aliphatic carbocycles. The van der Waals surface area contributed by atoms with Gasteiger partial charge in [-0.1, -0.05) is 18.6 Å². The Labute approximate surface area is 159 Å². The molecule has 0 N–H and O–H groups in total. The van der Waals surface area contributed by atoms with E-state index in [2.05, 4.69) is 45.6 Å². The van der Waals surface area contributed by atoms with Gasteiger partial charge in [-0.25, -0.2) is 0 Å². The zero-order valence-corrected chi connectivity index (χ0v) is 17.1. The molecule has 2 aliphatic rings. The second-order valence-corrected chi connectivity index (χ2v) is 8.66. The van der Waals surface area contributed by atoms with Crippen molar-refractivity contribution in [3.8, 4) is 5.75 Å². The molecule has 0 saturated carbocycles. The minimum absolute atomic E-state index is 0.324. The van der Waals surface area contributed by atoms with Crippen LogP contribution in [-0.2, 0) is 9.31 Å². The third kappa shape index (κ3) is 4.27. The van der Waals surface area contributed by atoms with Gasteiger partial charge in [0.15, 0.2) is 0 Å². The zero-order chi connectivity index (χ0) is 18.8. The second-order valence-electron chi connectivity index (χ2n) is 8.66. The summed E-state index contributed by atoms with van der Waals surface area (Å²) in [5, 5.41) is 0. The van der Waals surface area contributed by atoms with E-state index in [9.17, 15) is 0 Å². The van der Waals surface area contributed by atoms with Gasteiger partial charge in [-0.3, -0.25) is 0 Å². The molecule has 1 aromatic rings. The summed E-state index contributed by atoms with van der Waals surface area (Å²) in [6.45, 7) is 14.8. The van der Waals surface area contributed by atoms with Crippen molar-refractivity contribution in [2.45, 2.75) is 71.5 Å². The number of ether oxygens (including phenoxy) is 1. The lowest BCUT2D eigenvalue weighted by atomic mass is 9.76. The molecular formula is C21H34BNO3. The fourth-order valence-corrected chi connectivity index (χ4v) is 3.67. The maximum atomic E-state index is 6.21. The van der Waals surface area contributed by atoms with Crippen molar-refractivity contribution in [1.82, 2.24) is 4.90 Å². The van der Waals surface area contributed by atoms with Crippen molar-refractivity contribution in [3.05, 3.63) is 23.8 Å². The lowest BCUT2D eigenvalue weighted by Gasteiger charge is -2.32. The predicted molar refractivity (Wildman–Crippen MR) is 107 cm³/mol. The van der Waals surface area contributed by atoms with E-state index < -0.39 is 0 Å². The lowest BCUT2D eigenvalue weighted by molar-refractivity contribution is 0.00578. The Morgan fingerprint density at radius 2 is 1.69 bits per heavy atom. The summed E-state index contributed by atoms with van der Waals surface area (Å²) in [6, 6.07) is 6.16. The molecule has 3 rings (SSSR count). The third-order valence-electron chi connectivity index (χ3n) is 6.16. The second kappa shape index (κ2) is 7.91. The minimum atomic E-state index is -0.336.